The van der Waals surface area contributed by atoms with E-state index in [1.807, 2.05) is 41.2 Å². The van der Waals surface area contributed by atoms with Crippen LogP contribution in [0, 0.1) is 12.3 Å². The number of fused-ring (bicyclic) bond motifs is 1. The maximum absolute atomic E-state index is 12.4. The molecule has 30 heavy (non-hydrogen) atoms. The molecule has 0 radical (unpaired) electrons. The van der Waals surface area contributed by atoms with Crippen molar-refractivity contribution in [3.05, 3.63) is 58.9 Å². The molecule has 0 saturated carbocycles. The predicted octanol–water partition coefficient (Wildman–Crippen LogP) is 3.88. The van der Waals surface area contributed by atoms with Gasteiger partial charge in [0.25, 0.3) is 0 Å². The molecule has 0 aliphatic rings. The van der Waals surface area contributed by atoms with Crippen molar-refractivity contribution >= 4 is 49.1 Å². The monoisotopic (exact) mass is 458 g/mol. The largest absolute Gasteiger partial charge is 0.305 e. The van der Waals surface area contributed by atoms with Crippen molar-refractivity contribution in [2.24, 2.45) is 4.99 Å². The van der Waals surface area contributed by atoms with Crippen LogP contribution >= 0.6 is 23.1 Å². The highest BCUT2D eigenvalue weighted by molar-refractivity contribution is 7.98. The Labute approximate surface area is 184 Å². The molecule has 5 nitrogen and oxygen atoms in total. The van der Waals surface area contributed by atoms with Crippen molar-refractivity contribution in [1.29, 1.82) is 0 Å². The smallest absolute Gasteiger partial charge is 0.248 e. The molecule has 0 fully saturated rings. The van der Waals surface area contributed by atoms with Crippen LogP contribution in [0.15, 0.2) is 58.4 Å². The fourth-order valence-electron chi connectivity index (χ4n) is 3.02. The number of hydrogen-bond acceptors (Lipinski definition) is 5. The number of terminal acetylenes is 1. The molecular formula is C22H22N2O3S3. The molecular weight excluding hydrogens is 436 g/mol. The van der Waals surface area contributed by atoms with Gasteiger partial charge in [0.15, 0.2) is 14.6 Å². The van der Waals surface area contributed by atoms with Gasteiger partial charge in [0.05, 0.1) is 28.3 Å². The van der Waals surface area contributed by atoms with Crippen LogP contribution < -0.4 is 4.80 Å². The van der Waals surface area contributed by atoms with Gasteiger partial charge in [-0.2, -0.15) is 4.99 Å². The fraction of sp³-hybridized carbons (Fsp3) is 0.273. The third-order valence-corrected chi connectivity index (χ3v) is 7.89. The Kier molecular flexibility index (Phi) is 7.53. The number of aromatic nitrogens is 1. The van der Waals surface area contributed by atoms with Crippen molar-refractivity contribution in [3.63, 3.8) is 0 Å². The normalized spacial score (nSPS) is 12.2. The zero-order valence-corrected chi connectivity index (χ0v) is 19.0. The van der Waals surface area contributed by atoms with Crippen molar-refractivity contribution in [2.75, 3.05) is 12.0 Å². The number of benzene rings is 2. The lowest BCUT2D eigenvalue weighted by Gasteiger charge is -2.03. The van der Waals surface area contributed by atoms with E-state index in [0.29, 0.717) is 11.3 Å². The standard InChI is InChI=1S/C22H22N2O3S3/c1-3-13-24-19-12-11-18(28-2)15-20(19)29-22(24)23-21(25)10-7-14-30(26,27)16-17-8-5-4-6-9-17/h1,4-6,8-9,11-12,15H,7,10,13-14,16H2,2H3. The Morgan fingerprint density at radius 1 is 1.23 bits per heavy atom. The van der Waals surface area contributed by atoms with Gasteiger partial charge in [-0.3, -0.25) is 4.79 Å². The number of rotatable bonds is 8. The fourth-order valence-corrected chi connectivity index (χ4v) is 6.05. The van der Waals surface area contributed by atoms with Gasteiger partial charge < -0.3 is 4.57 Å². The summed E-state index contributed by atoms with van der Waals surface area (Å²) in [6.45, 7) is 0.316. The summed E-state index contributed by atoms with van der Waals surface area (Å²) in [5.41, 5.74) is 1.69. The van der Waals surface area contributed by atoms with E-state index in [-0.39, 0.29) is 30.3 Å². The van der Waals surface area contributed by atoms with Gasteiger partial charge in [-0.1, -0.05) is 47.6 Å². The summed E-state index contributed by atoms with van der Waals surface area (Å²) in [4.78, 5) is 18.3. The number of carbonyl (C=O) groups excluding carboxylic acids is 1. The quantitative estimate of drug-likeness (QED) is 0.379. The lowest BCUT2D eigenvalue weighted by molar-refractivity contribution is -0.118. The lowest BCUT2D eigenvalue weighted by atomic mass is 10.2. The van der Waals surface area contributed by atoms with Gasteiger partial charge in [0, 0.05) is 11.3 Å². The number of hydrogen-bond donors (Lipinski definition) is 0. The van der Waals surface area contributed by atoms with Gasteiger partial charge in [-0.15, -0.1) is 18.2 Å². The molecule has 3 rings (SSSR count). The van der Waals surface area contributed by atoms with E-state index in [1.165, 1.54) is 11.3 Å². The van der Waals surface area contributed by atoms with Crippen LogP contribution in [0.25, 0.3) is 10.2 Å². The van der Waals surface area contributed by atoms with Crippen LogP contribution in [-0.2, 0) is 26.9 Å². The Morgan fingerprint density at radius 3 is 2.70 bits per heavy atom. The molecule has 1 amide bonds. The zero-order chi connectivity index (χ0) is 21.6. The molecule has 1 aromatic heterocycles. The first-order valence-electron chi connectivity index (χ1n) is 9.34. The number of carbonyl (C=O) groups is 1. The van der Waals surface area contributed by atoms with Gasteiger partial charge in [-0.25, -0.2) is 8.42 Å². The number of thiazole rings is 1. The summed E-state index contributed by atoms with van der Waals surface area (Å²) in [6.07, 6.45) is 7.82. The Hall–Kier alpha value is -2.34. The third-order valence-electron chi connectivity index (χ3n) is 4.44. The maximum Gasteiger partial charge on any atom is 0.248 e. The van der Waals surface area contributed by atoms with E-state index < -0.39 is 9.84 Å². The minimum Gasteiger partial charge on any atom is -0.305 e. The molecule has 0 bridgehead atoms. The second-order valence-corrected chi connectivity index (χ2v) is 10.8. The highest BCUT2D eigenvalue weighted by atomic mass is 32.2. The molecule has 0 saturated heterocycles. The van der Waals surface area contributed by atoms with Crippen molar-refractivity contribution < 1.29 is 13.2 Å². The summed E-state index contributed by atoms with van der Waals surface area (Å²) in [5.74, 6) is 2.20. The second kappa shape index (κ2) is 10.1. The predicted molar refractivity (Wildman–Crippen MR) is 124 cm³/mol. The molecule has 8 heteroatoms. The van der Waals surface area contributed by atoms with Crippen molar-refractivity contribution in [2.45, 2.75) is 30.0 Å². The molecule has 0 unspecified atom stereocenters. The van der Waals surface area contributed by atoms with Crippen LogP contribution in [-0.4, -0.2) is 30.9 Å². The van der Waals surface area contributed by atoms with Crippen LogP contribution in [0.3, 0.4) is 0 Å². The molecule has 0 atom stereocenters. The summed E-state index contributed by atoms with van der Waals surface area (Å²) in [7, 11) is -3.27. The van der Waals surface area contributed by atoms with E-state index in [2.05, 4.69) is 17.0 Å². The minimum absolute atomic E-state index is 0.0184. The zero-order valence-electron chi connectivity index (χ0n) is 16.6. The summed E-state index contributed by atoms with van der Waals surface area (Å²) < 4.78 is 27.4. The topological polar surface area (TPSA) is 68.5 Å². The van der Waals surface area contributed by atoms with E-state index in [4.69, 9.17) is 6.42 Å². The van der Waals surface area contributed by atoms with Crippen molar-refractivity contribution in [3.8, 4) is 12.3 Å². The highest BCUT2D eigenvalue weighted by Gasteiger charge is 2.13. The summed E-state index contributed by atoms with van der Waals surface area (Å²) in [5, 5.41) is 0. The SMILES string of the molecule is C#CCn1c(=NC(=O)CCCS(=O)(=O)Cc2ccccc2)sc2cc(SC)ccc21. The summed E-state index contributed by atoms with van der Waals surface area (Å²) in [6, 6.07) is 15.1. The molecule has 0 aliphatic heterocycles. The van der Waals surface area contributed by atoms with Crippen LogP contribution in [0.4, 0.5) is 0 Å². The van der Waals surface area contributed by atoms with E-state index in [9.17, 15) is 13.2 Å². The molecule has 0 spiro atoms. The Morgan fingerprint density at radius 2 is 2.00 bits per heavy atom. The van der Waals surface area contributed by atoms with Gasteiger partial charge >= 0.3 is 0 Å². The first-order valence-corrected chi connectivity index (χ1v) is 13.2. The molecule has 0 aliphatic carbocycles. The first kappa shape index (κ1) is 22.3. The molecule has 2 aromatic carbocycles. The second-order valence-electron chi connectivity index (χ2n) is 6.70. The molecule has 1 heterocycles. The van der Waals surface area contributed by atoms with E-state index in [1.54, 1.807) is 23.9 Å². The van der Waals surface area contributed by atoms with E-state index >= 15 is 0 Å². The molecule has 156 valence electrons. The van der Waals surface area contributed by atoms with E-state index in [0.717, 1.165) is 20.7 Å². The maximum atomic E-state index is 12.4. The van der Waals surface area contributed by atoms with Gasteiger partial charge in [0.1, 0.15) is 0 Å². The van der Waals surface area contributed by atoms with Gasteiger partial charge in [-0.05, 0) is 36.4 Å². The summed E-state index contributed by atoms with van der Waals surface area (Å²) >= 11 is 3.05. The number of nitrogens with zero attached hydrogens (tertiary/aromatic N) is 2. The van der Waals surface area contributed by atoms with Crippen LogP contribution in [0.2, 0.25) is 0 Å². The minimum atomic E-state index is -3.27. The van der Waals surface area contributed by atoms with Gasteiger partial charge in [0.2, 0.25) is 5.91 Å². The van der Waals surface area contributed by atoms with Crippen LogP contribution in [0.1, 0.15) is 18.4 Å². The number of amides is 1. The van der Waals surface area contributed by atoms with Crippen molar-refractivity contribution in [1.82, 2.24) is 4.57 Å². The first-order chi connectivity index (χ1) is 14.4. The lowest BCUT2D eigenvalue weighted by Crippen LogP contribution is -2.17. The van der Waals surface area contributed by atoms with Crippen LogP contribution in [0.5, 0.6) is 0 Å². The molecule has 3 aromatic rings. The molecule has 0 N–H and O–H groups in total. The number of sulfone groups is 1. The highest BCUT2D eigenvalue weighted by Crippen LogP contribution is 2.24. The average Bonchev–Trinajstić information content (AvgIpc) is 3.04. The third kappa shape index (κ3) is 5.85. The Balaban J connectivity index is 1.71. The Bertz CT molecular complexity index is 1250. The average molecular weight is 459 g/mol. The number of thioether (sulfide) groups is 1.